The SMILES string of the molecule is CC(=O)C[C@@H](C)[C@H](C)C(=[Se])N1CCCC1. The maximum absolute atomic E-state index is 11.1. The summed E-state index contributed by atoms with van der Waals surface area (Å²) < 4.78 is 1.35. The van der Waals surface area contributed by atoms with Crippen molar-refractivity contribution in [1.29, 1.82) is 0 Å². The van der Waals surface area contributed by atoms with E-state index in [-0.39, 0.29) is 0 Å². The summed E-state index contributed by atoms with van der Waals surface area (Å²) in [5, 5.41) is 0. The van der Waals surface area contributed by atoms with E-state index in [4.69, 9.17) is 0 Å². The van der Waals surface area contributed by atoms with Gasteiger partial charge in [0.15, 0.2) is 0 Å². The van der Waals surface area contributed by atoms with Crippen molar-refractivity contribution in [3.05, 3.63) is 0 Å². The number of ketones is 1. The minimum atomic E-state index is 0.295. The van der Waals surface area contributed by atoms with E-state index in [0.717, 1.165) is 0 Å². The van der Waals surface area contributed by atoms with Gasteiger partial charge in [0.1, 0.15) is 0 Å². The Hall–Kier alpha value is -0.141. The van der Waals surface area contributed by atoms with Gasteiger partial charge in [-0.1, -0.05) is 0 Å². The van der Waals surface area contributed by atoms with Crippen LogP contribution in [0.5, 0.6) is 0 Å². The third-order valence-electron chi connectivity index (χ3n) is 3.27. The van der Waals surface area contributed by atoms with Gasteiger partial charge in [0.2, 0.25) is 0 Å². The van der Waals surface area contributed by atoms with Crippen LogP contribution < -0.4 is 0 Å². The van der Waals surface area contributed by atoms with Gasteiger partial charge in [-0.2, -0.15) is 0 Å². The molecule has 3 heteroatoms. The second-order valence-electron chi connectivity index (χ2n) is 4.70. The molecule has 0 aliphatic carbocycles. The number of rotatable bonds is 5. The van der Waals surface area contributed by atoms with Crippen molar-refractivity contribution in [2.24, 2.45) is 11.8 Å². The topological polar surface area (TPSA) is 20.3 Å². The molecule has 0 bridgehead atoms. The molecule has 2 nitrogen and oxygen atoms in total. The number of hydrogen-bond acceptors (Lipinski definition) is 2. The van der Waals surface area contributed by atoms with Crippen molar-refractivity contribution in [1.82, 2.24) is 4.90 Å². The van der Waals surface area contributed by atoms with Crippen molar-refractivity contribution in [3.8, 4) is 0 Å². The summed E-state index contributed by atoms with van der Waals surface area (Å²) in [5.41, 5.74) is 0. The van der Waals surface area contributed by atoms with Crippen molar-refractivity contribution in [2.75, 3.05) is 13.1 Å². The first-order valence-electron chi connectivity index (χ1n) is 5.80. The molecule has 1 aliphatic rings. The molecule has 15 heavy (non-hydrogen) atoms. The Kier molecular flexibility index (Phi) is 5.01. The van der Waals surface area contributed by atoms with E-state index in [2.05, 4.69) is 34.3 Å². The Morgan fingerprint density at radius 1 is 1.33 bits per heavy atom. The fourth-order valence-corrected chi connectivity index (χ4v) is 2.97. The van der Waals surface area contributed by atoms with Crippen LogP contribution in [0.15, 0.2) is 0 Å². The molecule has 0 aromatic rings. The van der Waals surface area contributed by atoms with Crippen LogP contribution in [0.3, 0.4) is 0 Å². The van der Waals surface area contributed by atoms with E-state index in [0.29, 0.717) is 24.0 Å². The maximum atomic E-state index is 11.1. The summed E-state index contributed by atoms with van der Waals surface area (Å²) in [4.78, 5) is 13.5. The average Bonchev–Trinajstić information content (AvgIpc) is 2.67. The molecular formula is C12H21NOSe. The molecule has 0 aromatic carbocycles. The first-order chi connectivity index (χ1) is 7.02. The Labute approximate surface area is 101 Å². The van der Waals surface area contributed by atoms with Gasteiger partial charge >= 0.3 is 101 Å². The van der Waals surface area contributed by atoms with Gasteiger partial charge in [-0.3, -0.25) is 0 Å². The van der Waals surface area contributed by atoms with E-state index < -0.39 is 0 Å². The summed E-state index contributed by atoms with van der Waals surface area (Å²) in [7, 11) is 0. The van der Waals surface area contributed by atoms with E-state index in [1.807, 2.05) is 0 Å². The summed E-state index contributed by atoms with van der Waals surface area (Å²) in [6.45, 7) is 8.42. The van der Waals surface area contributed by atoms with Crippen LogP contribution in [0.2, 0.25) is 0 Å². The molecule has 0 radical (unpaired) electrons. The van der Waals surface area contributed by atoms with Gasteiger partial charge in [-0.25, -0.2) is 0 Å². The molecule has 1 aliphatic heterocycles. The van der Waals surface area contributed by atoms with Gasteiger partial charge in [-0.15, -0.1) is 0 Å². The van der Waals surface area contributed by atoms with Crippen LogP contribution >= 0.6 is 0 Å². The molecule has 0 unspecified atom stereocenters. The minimum absolute atomic E-state index is 0.295. The zero-order valence-electron chi connectivity index (χ0n) is 9.95. The zero-order valence-corrected chi connectivity index (χ0v) is 11.7. The van der Waals surface area contributed by atoms with Crippen molar-refractivity contribution >= 4 is 25.9 Å². The fourth-order valence-electron chi connectivity index (χ4n) is 2.10. The van der Waals surface area contributed by atoms with E-state index in [1.165, 1.54) is 30.5 Å². The molecule has 2 atom stereocenters. The van der Waals surface area contributed by atoms with Crippen molar-refractivity contribution in [2.45, 2.75) is 40.0 Å². The molecule has 1 saturated heterocycles. The van der Waals surface area contributed by atoms with Crippen molar-refractivity contribution < 1.29 is 4.79 Å². The van der Waals surface area contributed by atoms with Crippen LogP contribution in [0.25, 0.3) is 0 Å². The average molecular weight is 274 g/mol. The van der Waals surface area contributed by atoms with Gasteiger partial charge < -0.3 is 0 Å². The monoisotopic (exact) mass is 275 g/mol. The molecule has 0 amide bonds. The van der Waals surface area contributed by atoms with E-state index >= 15 is 0 Å². The normalized spacial score (nSPS) is 20.1. The number of nitrogens with zero attached hydrogens (tertiary/aromatic N) is 1. The Morgan fingerprint density at radius 3 is 2.33 bits per heavy atom. The van der Waals surface area contributed by atoms with Crippen LogP contribution in [-0.4, -0.2) is 43.9 Å². The second-order valence-corrected chi connectivity index (χ2v) is 5.58. The third kappa shape index (κ3) is 3.73. The molecule has 1 fully saturated rings. The second kappa shape index (κ2) is 5.81. The molecule has 0 N–H and O–H groups in total. The number of hydrogen-bond donors (Lipinski definition) is 0. The van der Waals surface area contributed by atoms with Crippen LogP contribution in [0.1, 0.15) is 40.0 Å². The van der Waals surface area contributed by atoms with Crippen LogP contribution in [0, 0.1) is 11.8 Å². The van der Waals surface area contributed by atoms with Crippen molar-refractivity contribution in [3.63, 3.8) is 0 Å². The summed E-state index contributed by atoms with van der Waals surface area (Å²) in [5.74, 6) is 1.22. The predicted molar refractivity (Wildman–Crippen MR) is 65.2 cm³/mol. The summed E-state index contributed by atoms with van der Waals surface area (Å²) in [6, 6.07) is 0. The number of carbonyl (C=O) groups is 1. The quantitative estimate of drug-likeness (QED) is 0.710. The van der Waals surface area contributed by atoms with Crippen LogP contribution in [0.4, 0.5) is 0 Å². The number of carbonyl (C=O) groups excluding carboxylic acids is 1. The first kappa shape index (κ1) is 12.9. The van der Waals surface area contributed by atoms with Gasteiger partial charge in [0, 0.05) is 0 Å². The summed E-state index contributed by atoms with van der Waals surface area (Å²) in [6.07, 6.45) is 3.30. The summed E-state index contributed by atoms with van der Waals surface area (Å²) >= 11 is 3.20. The zero-order chi connectivity index (χ0) is 11.4. The van der Waals surface area contributed by atoms with E-state index in [1.54, 1.807) is 6.92 Å². The predicted octanol–water partition coefficient (Wildman–Crippen LogP) is 1.63. The number of likely N-dealkylation sites (tertiary alicyclic amines) is 1. The molecule has 1 heterocycles. The molecular weight excluding hydrogens is 253 g/mol. The first-order valence-corrected chi connectivity index (χ1v) is 6.66. The number of Topliss-reactive ketones (excluding diaryl/α,β-unsaturated/α-hetero) is 1. The third-order valence-corrected chi connectivity index (χ3v) is 4.59. The van der Waals surface area contributed by atoms with E-state index in [9.17, 15) is 4.79 Å². The Morgan fingerprint density at radius 2 is 1.87 bits per heavy atom. The van der Waals surface area contributed by atoms with Gasteiger partial charge in [-0.05, 0) is 0 Å². The fraction of sp³-hybridized carbons (Fsp3) is 0.833. The molecule has 0 aromatic heterocycles. The standard InChI is InChI=1S/C12H21NOSe/c1-9(8-10(2)14)11(3)12(15)13-6-4-5-7-13/h9,11H,4-8H2,1-3H3/t9-,11+/m1/s1. The molecule has 86 valence electrons. The molecule has 1 rings (SSSR count). The Bertz CT molecular complexity index is 246. The van der Waals surface area contributed by atoms with Crippen LogP contribution in [-0.2, 0) is 4.79 Å². The molecule has 0 saturated carbocycles. The van der Waals surface area contributed by atoms with Gasteiger partial charge in [0.05, 0.1) is 0 Å². The van der Waals surface area contributed by atoms with Gasteiger partial charge in [0.25, 0.3) is 0 Å². The molecule has 0 spiro atoms. The Balaban J connectivity index is 2.47.